The number of ether oxygens (including phenoxy) is 4. The first-order chi connectivity index (χ1) is 18.9. The van der Waals surface area contributed by atoms with Crippen LogP contribution < -0.4 is 9.47 Å². The molecule has 2 aliphatic heterocycles. The number of methoxy groups -OCH3 is 3. The molecule has 0 N–H and O–H groups in total. The van der Waals surface area contributed by atoms with Gasteiger partial charge in [0.05, 0.1) is 44.6 Å². The lowest BCUT2D eigenvalue weighted by atomic mass is 9.92. The maximum absolute atomic E-state index is 13.4. The zero-order valence-corrected chi connectivity index (χ0v) is 23.6. The summed E-state index contributed by atoms with van der Waals surface area (Å²) < 4.78 is 21.9. The molecule has 2 heterocycles. The van der Waals surface area contributed by atoms with Crippen molar-refractivity contribution in [3.63, 3.8) is 0 Å². The molecule has 9 nitrogen and oxygen atoms in total. The molecular formula is C29H33N3O6S. The number of hydrogen-bond donors (Lipinski definition) is 0. The fourth-order valence-electron chi connectivity index (χ4n) is 4.58. The molecule has 206 valence electrons. The first kappa shape index (κ1) is 28.3. The predicted octanol–water partition coefficient (Wildman–Crippen LogP) is 4.52. The second kappa shape index (κ2) is 12.9. The molecular weight excluding hydrogens is 518 g/mol. The highest BCUT2D eigenvalue weighted by Crippen LogP contribution is 2.48. The molecule has 1 amide bonds. The fraction of sp³-hybridized carbons (Fsp3) is 0.345. The number of aliphatic imine (C=N–C) groups is 1. The van der Waals surface area contributed by atoms with E-state index in [1.165, 1.54) is 11.8 Å². The van der Waals surface area contributed by atoms with Gasteiger partial charge >= 0.3 is 5.97 Å². The van der Waals surface area contributed by atoms with E-state index in [0.29, 0.717) is 40.0 Å². The van der Waals surface area contributed by atoms with E-state index in [2.05, 4.69) is 0 Å². The number of para-hydroxylation sites is 1. The van der Waals surface area contributed by atoms with Crippen LogP contribution in [0.1, 0.15) is 30.5 Å². The van der Waals surface area contributed by atoms with Crippen LogP contribution in [-0.2, 0) is 25.6 Å². The summed E-state index contributed by atoms with van der Waals surface area (Å²) in [4.78, 5) is 35.1. The van der Waals surface area contributed by atoms with E-state index in [0.717, 1.165) is 11.3 Å². The Bertz CT molecular complexity index is 1310. The largest absolute Gasteiger partial charge is 0.493 e. The third-order valence-electron chi connectivity index (χ3n) is 6.49. The molecule has 0 spiro atoms. The van der Waals surface area contributed by atoms with Crippen LogP contribution in [0.25, 0.3) is 0 Å². The number of allylic oxidation sites excluding steroid dienone is 1. The standard InChI is InChI=1S/C29H33N3O6S/c1-19-25(28(34)38-15-14-35-3)26(22-12-9-13-23(36-4)27(22)37-5)32-21(18-39-29(32)30-19)16-24(33)31(2)17-20-10-7-6-8-11-20/h6-13,18,26H,14-17H2,1-5H3/t26-/m1/s1. The lowest BCUT2D eigenvalue weighted by Gasteiger charge is -2.37. The summed E-state index contributed by atoms with van der Waals surface area (Å²) in [5.41, 5.74) is 3.36. The highest BCUT2D eigenvalue weighted by atomic mass is 32.2. The maximum Gasteiger partial charge on any atom is 0.338 e. The average molecular weight is 552 g/mol. The Morgan fingerprint density at radius 2 is 1.79 bits per heavy atom. The molecule has 2 aromatic rings. The van der Waals surface area contributed by atoms with E-state index >= 15 is 0 Å². The maximum atomic E-state index is 13.4. The molecule has 2 aromatic carbocycles. The number of nitrogens with zero attached hydrogens (tertiary/aromatic N) is 3. The summed E-state index contributed by atoms with van der Waals surface area (Å²) in [7, 11) is 6.46. The molecule has 0 aliphatic carbocycles. The molecule has 1 atom stereocenters. The summed E-state index contributed by atoms with van der Waals surface area (Å²) in [6.45, 7) is 2.65. The van der Waals surface area contributed by atoms with Gasteiger partial charge in [0.15, 0.2) is 16.7 Å². The number of carbonyl (C=O) groups excluding carboxylic acids is 2. The van der Waals surface area contributed by atoms with Crippen LogP contribution in [0.3, 0.4) is 0 Å². The van der Waals surface area contributed by atoms with Gasteiger partial charge in [-0.25, -0.2) is 9.79 Å². The van der Waals surface area contributed by atoms with E-state index in [1.54, 1.807) is 46.3 Å². The van der Waals surface area contributed by atoms with Gasteiger partial charge in [0.2, 0.25) is 5.91 Å². The van der Waals surface area contributed by atoms with Gasteiger partial charge in [-0.15, -0.1) is 0 Å². The highest BCUT2D eigenvalue weighted by molar-refractivity contribution is 8.16. The van der Waals surface area contributed by atoms with E-state index in [9.17, 15) is 9.59 Å². The quantitative estimate of drug-likeness (QED) is 0.298. The molecule has 0 unspecified atom stereocenters. The summed E-state index contributed by atoms with van der Waals surface area (Å²) >= 11 is 1.42. The van der Waals surface area contributed by atoms with Gasteiger partial charge in [0.1, 0.15) is 6.61 Å². The van der Waals surface area contributed by atoms with E-state index in [-0.39, 0.29) is 25.5 Å². The topological polar surface area (TPSA) is 89.9 Å². The fourth-order valence-corrected chi connectivity index (χ4v) is 5.55. The molecule has 10 heteroatoms. The molecule has 0 radical (unpaired) electrons. The summed E-state index contributed by atoms with van der Waals surface area (Å²) in [5, 5.41) is 2.59. The van der Waals surface area contributed by atoms with Crippen LogP contribution in [0, 0.1) is 0 Å². The number of benzene rings is 2. The molecule has 0 saturated heterocycles. The minimum Gasteiger partial charge on any atom is -0.493 e. The van der Waals surface area contributed by atoms with Crippen LogP contribution in [-0.4, -0.2) is 68.4 Å². The molecule has 0 fully saturated rings. The van der Waals surface area contributed by atoms with Crippen molar-refractivity contribution < 1.29 is 28.5 Å². The minimum atomic E-state index is -0.647. The van der Waals surface area contributed by atoms with Gasteiger partial charge in [-0.3, -0.25) is 4.79 Å². The number of amides is 1. The Kier molecular flexibility index (Phi) is 9.32. The number of thioether (sulfide) groups is 1. The Hall–Kier alpha value is -3.76. The second-order valence-electron chi connectivity index (χ2n) is 9.02. The van der Waals surface area contributed by atoms with Crippen molar-refractivity contribution in [3.05, 3.63) is 82.0 Å². The normalized spacial score (nSPS) is 16.3. The average Bonchev–Trinajstić information content (AvgIpc) is 3.33. The van der Waals surface area contributed by atoms with E-state index < -0.39 is 12.0 Å². The van der Waals surface area contributed by atoms with Crippen LogP contribution in [0.4, 0.5) is 0 Å². The number of esters is 1. The van der Waals surface area contributed by atoms with Gasteiger partial charge in [0, 0.05) is 32.0 Å². The Morgan fingerprint density at radius 3 is 2.49 bits per heavy atom. The van der Waals surface area contributed by atoms with Crippen LogP contribution >= 0.6 is 11.8 Å². The molecule has 39 heavy (non-hydrogen) atoms. The summed E-state index contributed by atoms with van der Waals surface area (Å²) in [6, 6.07) is 14.7. The zero-order valence-electron chi connectivity index (χ0n) is 22.8. The van der Waals surface area contributed by atoms with Crippen LogP contribution in [0.5, 0.6) is 11.5 Å². The van der Waals surface area contributed by atoms with Crippen molar-refractivity contribution in [2.24, 2.45) is 4.99 Å². The molecule has 2 aliphatic rings. The first-order valence-corrected chi connectivity index (χ1v) is 13.4. The molecule has 4 rings (SSSR count). The highest BCUT2D eigenvalue weighted by Gasteiger charge is 2.43. The number of carbonyl (C=O) groups is 2. The monoisotopic (exact) mass is 551 g/mol. The van der Waals surface area contributed by atoms with Crippen LogP contribution in [0.15, 0.2) is 75.9 Å². The molecule has 0 bridgehead atoms. The second-order valence-corrected chi connectivity index (χ2v) is 9.85. The van der Waals surface area contributed by atoms with Crippen molar-refractivity contribution in [1.82, 2.24) is 9.80 Å². The first-order valence-electron chi connectivity index (χ1n) is 12.5. The lowest BCUT2D eigenvalue weighted by molar-refractivity contribution is -0.141. The molecule has 0 saturated carbocycles. The van der Waals surface area contributed by atoms with Gasteiger partial charge < -0.3 is 28.7 Å². The lowest BCUT2D eigenvalue weighted by Crippen LogP contribution is -2.38. The van der Waals surface area contributed by atoms with Crippen molar-refractivity contribution in [2.75, 3.05) is 41.6 Å². The number of fused-ring (bicyclic) bond motifs is 1. The van der Waals surface area contributed by atoms with E-state index in [1.807, 2.05) is 52.8 Å². The predicted molar refractivity (Wildman–Crippen MR) is 150 cm³/mol. The Morgan fingerprint density at radius 1 is 1.03 bits per heavy atom. The zero-order chi connectivity index (χ0) is 27.9. The summed E-state index contributed by atoms with van der Waals surface area (Å²) in [6.07, 6.45) is 0.128. The summed E-state index contributed by atoms with van der Waals surface area (Å²) in [5.74, 6) is 0.453. The number of rotatable bonds is 11. The van der Waals surface area contributed by atoms with E-state index in [4.69, 9.17) is 23.9 Å². The van der Waals surface area contributed by atoms with Crippen molar-refractivity contribution in [3.8, 4) is 11.5 Å². The third-order valence-corrected chi connectivity index (χ3v) is 7.38. The Labute approximate surface area is 233 Å². The Balaban J connectivity index is 1.70. The third kappa shape index (κ3) is 6.12. The number of amidine groups is 1. The minimum absolute atomic E-state index is 0.0567. The van der Waals surface area contributed by atoms with Crippen LogP contribution in [0.2, 0.25) is 0 Å². The molecule has 0 aromatic heterocycles. The number of hydrogen-bond acceptors (Lipinski definition) is 9. The smallest absolute Gasteiger partial charge is 0.338 e. The van der Waals surface area contributed by atoms with Crippen molar-refractivity contribution in [2.45, 2.75) is 25.9 Å². The van der Waals surface area contributed by atoms with Gasteiger partial charge in [-0.2, -0.15) is 0 Å². The van der Waals surface area contributed by atoms with Crippen molar-refractivity contribution >= 4 is 28.8 Å². The van der Waals surface area contributed by atoms with Gasteiger partial charge in [0.25, 0.3) is 0 Å². The van der Waals surface area contributed by atoms with Gasteiger partial charge in [-0.05, 0) is 24.0 Å². The SMILES string of the molecule is COCCOC(=O)C1=C(C)N=C2SC=C(CC(=O)N(C)Cc3ccccc3)N2[C@@H]1c1cccc(OC)c1OC. The van der Waals surface area contributed by atoms with Gasteiger partial charge in [-0.1, -0.05) is 54.2 Å². The van der Waals surface area contributed by atoms with Crippen molar-refractivity contribution in [1.29, 1.82) is 0 Å².